The lowest BCUT2D eigenvalue weighted by atomic mass is 10.1. The van der Waals surface area contributed by atoms with Gasteiger partial charge in [0.2, 0.25) is 0 Å². The highest BCUT2D eigenvalue weighted by atomic mass is 15.5. The largest absolute Gasteiger partial charge is 0.378 e. The van der Waals surface area contributed by atoms with E-state index in [1.54, 1.807) is 0 Å². The van der Waals surface area contributed by atoms with Crippen LogP contribution in [0.15, 0.2) is 34.5 Å². The van der Waals surface area contributed by atoms with Gasteiger partial charge in [-0.05, 0) is 29.8 Å². The topological polar surface area (TPSA) is 82.4 Å². The molecule has 2 aromatic rings. The number of nitrogens with one attached hydrogen (secondary N) is 1. The van der Waals surface area contributed by atoms with Gasteiger partial charge in [-0.1, -0.05) is 17.2 Å². The quantitative estimate of drug-likeness (QED) is 0.836. The molecule has 0 fully saturated rings. The van der Waals surface area contributed by atoms with E-state index in [4.69, 9.17) is 0 Å². The Morgan fingerprint density at radius 3 is 2.50 bits per heavy atom. The van der Waals surface area contributed by atoms with Gasteiger partial charge in [0.1, 0.15) is 0 Å². The Morgan fingerprint density at radius 2 is 1.94 bits per heavy atom. The van der Waals surface area contributed by atoms with Crippen molar-refractivity contribution >= 4 is 11.6 Å². The van der Waals surface area contributed by atoms with Crippen LogP contribution < -0.4 is 4.90 Å². The summed E-state index contributed by atoms with van der Waals surface area (Å²) in [5, 5.41) is 21.2. The van der Waals surface area contributed by atoms with E-state index in [9.17, 15) is 0 Å². The zero-order chi connectivity index (χ0) is 13.0. The molecule has 1 aromatic carbocycles. The number of tetrazole rings is 1. The van der Waals surface area contributed by atoms with Crippen LogP contribution in [0.5, 0.6) is 0 Å². The first-order valence-corrected chi connectivity index (χ1v) is 5.58. The van der Waals surface area contributed by atoms with Crippen molar-refractivity contribution in [3.8, 4) is 0 Å². The number of benzene rings is 1. The molecule has 94 valence electrons. The van der Waals surface area contributed by atoms with E-state index in [-0.39, 0.29) is 12.0 Å². The third-order valence-corrected chi connectivity index (χ3v) is 2.55. The van der Waals surface area contributed by atoms with Crippen LogP contribution >= 0.6 is 0 Å². The Labute approximate surface area is 105 Å². The number of hydrogen-bond donors (Lipinski definition) is 1. The normalized spacial score (nSPS) is 12.8. The Balaban J connectivity index is 2.07. The van der Waals surface area contributed by atoms with Crippen LogP contribution in [-0.4, -0.2) is 34.7 Å². The number of hydrogen-bond acceptors (Lipinski definition) is 6. The number of rotatable bonds is 4. The Morgan fingerprint density at radius 1 is 1.22 bits per heavy atom. The molecule has 18 heavy (non-hydrogen) atoms. The second-order valence-electron chi connectivity index (χ2n) is 4.09. The van der Waals surface area contributed by atoms with Crippen LogP contribution in [0.4, 0.5) is 11.6 Å². The monoisotopic (exact) mass is 245 g/mol. The van der Waals surface area contributed by atoms with Crippen LogP contribution in [0.25, 0.3) is 0 Å². The molecular formula is C11H15N7. The molecule has 1 unspecified atom stereocenters. The fourth-order valence-electron chi connectivity index (χ4n) is 1.45. The summed E-state index contributed by atoms with van der Waals surface area (Å²) in [6.45, 7) is 1.97. The zero-order valence-corrected chi connectivity index (χ0v) is 10.6. The van der Waals surface area contributed by atoms with Crippen molar-refractivity contribution in [1.29, 1.82) is 0 Å². The zero-order valence-electron chi connectivity index (χ0n) is 10.6. The minimum absolute atomic E-state index is 0.0419. The van der Waals surface area contributed by atoms with Gasteiger partial charge in [0, 0.05) is 19.8 Å². The summed E-state index contributed by atoms with van der Waals surface area (Å²) in [5.74, 6) is 0.242. The molecule has 7 nitrogen and oxygen atoms in total. The van der Waals surface area contributed by atoms with Crippen molar-refractivity contribution < 1.29 is 0 Å². The molecule has 0 aliphatic carbocycles. The molecular weight excluding hydrogens is 230 g/mol. The Bertz CT molecular complexity index is 501. The average Bonchev–Trinajstić information content (AvgIpc) is 2.89. The van der Waals surface area contributed by atoms with Gasteiger partial charge in [-0.25, -0.2) is 0 Å². The van der Waals surface area contributed by atoms with Crippen molar-refractivity contribution in [1.82, 2.24) is 20.6 Å². The number of azo groups is 1. The van der Waals surface area contributed by atoms with Crippen LogP contribution in [0.1, 0.15) is 18.5 Å². The summed E-state index contributed by atoms with van der Waals surface area (Å²) in [4.78, 5) is 2.05. The molecule has 7 heteroatoms. The predicted octanol–water partition coefficient (Wildman–Crippen LogP) is 2.11. The number of H-pyrrole nitrogens is 1. The van der Waals surface area contributed by atoms with E-state index >= 15 is 0 Å². The molecule has 1 N–H and O–H groups in total. The molecule has 1 heterocycles. The number of anilines is 1. The van der Waals surface area contributed by atoms with Crippen molar-refractivity contribution in [2.45, 2.75) is 13.0 Å². The fraction of sp³-hybridized carbons (Fsp3) is 0.364. The molecule has 2 rings (SSSR count). The summed E-state index contributed by atoms with van der Waals surface area (Å²) < 4.78 is 0. The van der Waals surface area contributed by atoms with Gasteiger partial charge in [0.05, 0.1) is 6.04 Å². The molecule has 0 saturated heterocycles. The molecule has 0 aliphatic heterocycles. The third-order valence-electron chi connectivity index (χ3n) is 2.55. The van der Waals surface area contributed by atoms with Crippen LogP contribution in [0.3, 0.4) is 0 Å². The molecule has 0 spiro atoms. The van der Waals surface area contributed by atoms with Crippen LogP contribution in [0, 0.1) is 0 Å². The lowest BCUT2D eigenvalue weighted by Crippen LogP contribution is -2.08. The van der Waals surface area contributed by atoms with Crippen molar-refractivity contribution in [2.75, 3.05) is 19.0 Å². The number of aromatic amines is 1. The summed E-state index contributed by atoms with van der Waals surface area (Å²) >= 11 is 0. The Kier molecular flexibility index (Phi) is 3.61. The van der Waals surface area contributed by atoms with Crippen molar-refractivity contribution in [3.63, 3.8) is 0 Å². The first-order valence-electron chi connectivity index (χ1n) is 5.58. The highest BCUT2D eigenvalue weighted by molar-refractivity contribution is 5.46. The number of nitrogens with zero attached hydrogens (tertiary/aromatic N) is 6. The summed E-state index contributed by atoms with van der Waals surface area (Å²) in [5.41, 5.74) is 2.24. The minimum Gasteiger partial charge on any atom is -0.378 e. The van der Waals surface area contributed by atoms with Gasteiger partial charge in [-0.15, -0.1) is 10.2 Å². The molecule has 1 aromatic heterocycles. The molecule has 0 saturated carbocycles. The smallest absolute Gasteiger partial charge is 0.307 e. The maximum absolute atomic E-state index is 4.14. The van der Waals surface area contributed by atoms with Gasteiger partial charge < -0.3 is 4.90 Å². The number of aromatic nitrogens is 4. The summed E-state index contributed by atoms with van der Waals surface area (Å²) in [6, 6.07) is 8.13. The second-order valence-corrected chi connectivity index (χ2v) is 4.09. The van der Waals surface area contributed by atoms with Crippen LogP contribution in [0.2, 0.25) is 0 Å². The van der Waals surface area contributed by atoms with E-state index in [0.717, 1.165) is 11.3 Å². The highest BCUT2D eigenvalue weighted by Gasteiger charge is 2.04. The highest BCUT2D eigenvalue weighted by Crippen LogP contribution is 2.21. The lowest BCUT2D eigenvalue weighted by molar-refractivity contribution is 0.756. The van der Waals surface area contributed by atoms with Crippen molar-refractivity contribution in [2.24, 2.45) is 10.2 Å². The maximum atomic E-state index is 4.14. The fourth-order valence-corrected chi connectivity index (χ4v) is 1.45. The maximum Gasteiger partial charge on any atom is 0.307 e. The van der Waals surface area contributed by atoms with E-state index in [2.05, 4.69) is 47.9 Å². The van der Waals surface area contributed by atoms with Gasteiger partial charge >= 0.3 is 5.95 Å². The van der Waals surface area contributed by atoms with Gasteiger partial charge in [-0.3, -0.25) is 0 Å². The van der Waals surface area contributed by atoms with E-state index in [0.29, 0.717) is 0 Å². The molecule has 0 amide bonds. The molecule has 0 radical (unpaired) electrons. The summed E-state index contributed by atoms with van der Waals surface area (Å²) in [6.07, 6.45) is 0. The summed E-state index contributed by atoms with van der Waals surface area (Å²) in [7, 11) is 4.02. The molecule has 0 aliphatic rings. The first kappa shape index (κ1) is 12.2. The van der Waals surface area contributed by atoms with E-state index < -0.39 is 0 Å². The standard InChI is InChI=1S/C11H15N7/c1-8(12-13-11-14-16-17-15-11)9-4-6-10(7-5-9)18(2)3/h4-8H,1-3H3,(H,14,15,16,17). The van der Waals surface area contributed by atoms with E-state index in [1.807, 2.05) is 33.2 Å². The second kappa shape index (κ2) is 5.35. The van der Waals surface area contributed by atoms with Crippen LogP contribution in [-0.2, 0) is 0 Å². The molecule has 0 bridgehead atoms. The first-order chi connectivity index (χ1) is 8.66. The third kappa shape index (κ3) is 2.88. The van der Waals surface area contributed by atoms with Gasteiger partial charge in [0.15, 0.2) is 0 Å². The van der Waals surface area contributed by atoms with E-state index in [1.165, 1.54) is 0 Å². The molecule has 1 atom stereocenters. The van der Waals surface area contributed by atoms with Gasteiger partial charge in [0.25, 0.3) is 0 Å². The SMILES string of the molecule is CC(N=Nc1nn[nH]n1)c1ccc(N(C)C)cc1. The Hall–Kier alpha value is -2.31. The average molecular weight is 245 g/mol. The predicted molar refractivity (Wildman–Crippen MR) is 67.9 cm³/mol. The minimum atomic E-state index is -0.0419. The van der Waals surface area contributed by atoms with Gasteiger partial charge in [-0.2, -0.15) is 10.3 Å². The van der Waals surface area contributed by atoms with Crippen molar-refractivity contribution in [3.05, 3.63) is 29.8 Å². The lowest BCUT2D eigenvalue weighted by Gasteiger charge is -2.13.